The molecule has 1 heterocycles. The van der Waals surface area contributed by atoms with E-state index in [4.69, 9.17) is 0 Å². The summed E-state index contributed by atoms with van der Waals surface area (Å²) in [6.07, 6.45) is 10.2. The van der Waals surface area contributed by atoms with Crippen LogP contribution in [0.5, 0.6) is 0 Å². The molecule has 51 heavy (non-hydrogen) atoms. The average molecular weight is 699 g/mol. The van der Waals surface area contributed by atoms with Gasteiger partial charge in [-0.25, -0.2) is 13.6 Å². The molecule has 8 nitrogen and oxygen atoms in total. The van der Waals surface area contributed by atoms with Crippen molar-refractivity contribution in [1.29, 1.82) is 0 Å². The number of hydrogen-bond acceptors (Lipinski definition) is 4. The van der Waals surface area contributed by atoms with Crippen molar-refractivity contribution in [3.05, 3.63) is 107 Å². The van der Waals surface area contributed by atoms with Crippen molar-refractivity contribution in [3.63, 3.8) is 0 Å². The van der Waals surface area contributed by atoms with Gasteiger partial charge in [0.05, 0.1) is 0 Å². The predicted octanol–water partition coefficient (Wildman–Crippen LogP) is 7.25. The molecule has 0 spiro atoms. The van der Waals surface area contributed by atoms with Crippen LogP contribution >= 0.6 is 0 Å². The molecule has 0 aromatic heterocycles. The lowest BCUT2D eigenvalue weighted by Gasteiger charge is -2.36. The van der Waals surface area contributed by atoms with Crippen molar-refractivity contribution >= 4 is 23.8 Å². The van der Waals surface area contributed by atoms with E-state index in [-0.39, 0.29) is 55.2 Å². The van der Waals surface area contributed by atoms with Crippen LogP contribution in [0.15, 0.2) is 78.9 Å². The van der Waals surface area contributed by atoms with E-state index in [1.807, 2.05) is 30.3 Å². The lowest BCUT2D eigenvalue weighted by atomic mass is 9.93. The van der Waals surface area contributed by atoms with Crippen molar-refractivity contribution < 1.29 is 28.0 Å². The highest BCUT2D eigenvalue weighted by molar-refractivity contribution is 6.07. The Morgan fingerprint density at radius 2 is 1.08 bits per heavy atom. The summed E-state index contributed by atoms with van der Waals surface area (Å²) in [4.78, 5) is 62.6. The number of carbonyl (C=O) groups is 4. The fourth-order valence-corrected chi connectivity index (χ4v) is 7.91. The molecule has 0 N–H and O–H groups in total. The molecule has 2 saturated carbocycles. The van der Waals surface area contributed by atoms with Gasteiger partial charge in [-0.3, -0.25) is 19.3 Å². The number of rotatable bonds is 13. The molecule has 270 valence electrons. The van der Waals surface area contributed by atoms with Crippen LogP contribution < -0.4 is 0 Å². The average Bonchev–Trinajstić information content (AvgIpc) is 3.37. The number of imide groups is 1. The monoisotopic (exact) mass is 698 g/mol. The minimum Gasteiger partial charge on any atom is -0.334 e. The fourth-order valence-electron chi connectivity index (χ4n) is 7.91. The largest absolute Gasteiger partial charge is 0.334 e. The number of aryl methyl sites for hydroxylation is 1. The van der Waals surface area contributed by atoms with Gasteiger partial charge in [0.15, 0.2) is 0 Å². The van der Waals surface area contributed by atoms with E-state index in [0.29, 0.717) is 12.8 Å². The number of amides is 5. The van der Waals surface area contributed by atoms with E-state index in [1.165, 1.54) is 29.2 Å². The first-order valence-corrected chi connectivity index (χ1v) is 18.5. The first-order chi connectivity index (χ1) is 24.8. The molecule has 3 aromatic rings. The van der Waals surface area contributed by atoms with Gasteiger partial charge in [0.2, 0.25) is 11.8 Å². The molecule has 1 saturated heterocycles. The summed E-state index contributed by atoms with van der Waals surface area (Å²) in [6.45, 7) is -0.201. The number of hydrogen-bond donors (Lipinski definition) is 0. The van der Waals surface area contributed by atoms with E-state index in [2.05, 4.69) is 0 Å². The quantitative estimate of drug-likeness (QED) is 0.176. The zero-order valence-corrected chi connectivity index (χ0v) is 29.2. The third kappa shape index (κ3) is 9.20. The summed E-state index contributed by atoms with van der Waals surface area (Å²) in [5, 5.41) is 0. The van der Waals surface area contributed by atoms with Crippen LogP contribution in [0.25, 0.3) is 0 Å². The van der Waals surface area contributed by atoms with Crippen LogP contribution in [0.2, 0.25) is 0 Å². The fraction of sp³-hybridized carbons (Fsp3) is 0.463. The van der Waals surface area contributed by atoms with Crippen molar-refractivity contribution in [1.82, 2.24) is 19.6 Å². The van der Waals surface area contributed by atoms with Gasteiger partial charge in [-0.1, -0.05) is 93.1 Å². The lowest BCUT2D eigenvalue weighted by Crippen LogP contribution is -2.49. The summed E-state index contributed by atoms with van der Waals surface area (Å²) in [6, 6.07) is 20.2. The van der Waals surface area contributed by atoms with Gasteiger partial charge in [-0.2, -0.15) is 0 Å². The molecule has 3 aromatic carbocycles. The number of nitrogens with zero attached hydrogens (tertiary/aromatic N) is 4. The summed E-state index contributed by atoms with van der Waals surface area (Å²) in [7, 11) is 0. The highest BCUT2D eigenvalue weighted by atomic mass is 19.1. The number of halogens is 2. The minimum absolute atomic E-state index is 0.0272. The number of urea groups is 1. The lowest BCUT2D eigenvalue weighted by molar-refractivity contribution is -0.140. The van der Waals surface area contributed by atoms with Crippen LogP contribution in [0, 0.1) is 11.6 Å². The Kier molecular flexibility index (Phi) is 12.1. The number of benzene rings is 3. The zero-order valence-electron chi connectivity index (χ0n) is 29.2. The Morgan fingerprint density at radius 3 is 1.57 bits per heavy atom. The second kappa shape index (κ2) is 17.1. The molecule has 3 aliphatic rings. The van der Waals surface area contributed by atoms with Crippen molar-refractivity contribution in [2.45, 2.75) is 108 Å². The van der Waals surface area contributed by atoms with E-state index in [0.717, 1.165) is 85.8 Å². The third-order valence-electron chi connectivity index (χ3n) is 10.8. The molecule has 3 fully saturated rings. The topological polar surface area (TPSA) is 81.2 Å². The first kappa shape index (κ1) is 36.2. The van der Waals surface area contributed by atoms with Gasteiger partial charge in [0.25, 0.3) is 5.91 Å². The zero-order chi connectivity index (χ0) is 35.7. The van der Waals surface area contributed by atoms with Gasteiger partial charge in [-0.05, 0) is 79.5 Å². The highest BCUT2D eigenvalue weighted by Gasteiger charge is 2.47. The molecule has 1 atom stereocenters. The summed E-state index contributed by atoms with van der Waals surface area (Å²) in [5.41, 5.74) is 2.56. The second-order valence-electron chi connectivity index (χ2n) is 14.3. The predicted molar refractivity (Wildman–Crippen MR) is 190 cm³/mol. The smallest absolute Gasteiger partial charge is 0.328 e. The molecule has 2 aliphatic carbocycles. The normalized spacial score (nSPS) is 18.7. The minimum atomic E-state index is -0.909. The van der Waals surface area contributed by atoms with Crippen LogP contribution in [0.4, 0.5) is 13.6 Å². The van der Waals surface area contributed by atoms with Crippen molar-refractivity contribution in [2.75, 3.05) is 13.1 Å². The van der Waals surface area contributed by atoms with Crippen LogP contribution in [-0.2, 0) is 33.9 Å². The molecule has 0 bridgehead atoms. The molecule has 0 radical (unpaired) electrons. The molecular weight excluding hydrogens is 650 g/mol. The van der Waals surface area contributed by atoms with Crippen LogP contribution in [0.1, 0.15) is 87.3 Å². The maximum Gasteiger partial charge on any atom is 0.328 e. The Balaban J connectivity index is 1.24. The Hall–Kier alpha value is -4.60. The standard InChI is InChI=1S/C41H48F2N4O4/c42-33-21-16-31(17-22-33)26-44(35-12-6-2-7-13-35)38(48)28-46-37(25-20-30-10-4-1-5-11-30)40(50)47(41(46)51)29-39(49)45(36-14-8-3-9-15-36)27-32-18-23-34(43)24-19-32/h1,4-5,10-11,16-19,21-24,35-37H,2-3,6-9,12-15,20,25-29H2. The maximum absolute atomic E-state index is 14.2. The number of carbonyl (C=O) groups excluding carboxylic acids is 4. The molecule has 5 amide bonds. The maximum atomic E-state index is 14.2. The molecular formula is C41H48F2N4O4. The SMILES string of the molecule is O=C1C(CCc2ccccc2)N(CC(=O)N(Cc2ccc(F)cc2)C2CCCCC2)C(=O)N1CC(=O)N(Cc1ccc(F)cc1)C1CCCCC1. The van der Waals surface area contributed by atoms with Crippen LogP contribution in [-0.4, -0.2) is 74.6 Å². The Bertz CT molecular complexity index is 1640. The highest BCUT2D eigenvalue weighted by Crippen LogP contribution is 2.29. The van der Waals surface area contributed by atoms with Gasteiger partial charge in [-0.15, -0.1) is 0 Å². The summed E-state index contributed by atoms with van der Waals surface area (Å²) < 4.78 is 27.4. The van der Waals surface area contributed by atoms with Gasteiger partial charge >= 0.3 is 6.03 Å². The van der Waals surface area contributed by atoms with E-state index in [1.54, 1.807) is 34.1 Å². The van der Waals surface area contributed by atoms with Crippen molar-refractivity contribution in [3.8, 4) is 0 Å². The second-order valence-corrected chi connectivity index (χ2v) is 14.3. The van der Waals surface area contributed by atoms with E-state index < -0.39 is 24.5 Å². The third-order valence-corrected chi connectivity index (χ3v) is 10.8. The van der Waals surface area contributed by atoms with Gasteiger partial charge < -0.3 is 14.7 Å². The van der Waals surface area contributed by atoms with E-state index >= 15 is 0 Å². The van der Waals surface area contributed by atoms with Gasteiger partial charge in [0.1, 0.15) is 30.8 Å². The molecule has 6 rings (SSSR count). The molecule has 1 unspecified atom stereocenters. The Morgan fingerprint density at radius 1 is 0.608 bits per heavy atom. The van der Waals surface area contributed by atoms with Crippen LogP contribution in [0.3, 0.4) is 0 Å². The van der Waals surface area contributed by atoms with Gasteiger partial charge in [0, 0.05) is 25.2 Å². The Labute approximate surface area is 299 Å². The molecule has 1 aliphatic heterocycles. The molecule has 10 heteroatoms. The van der Waals surface area contributed by atoms with Crippen molar-refractivity contribution in [2.24, 2.45) is 0 Å². The van der Waals surface area contributed by atoms with E-state index in [9.17, 15) is 28.0 Å². The summed E-state index contributed by atoms with van der Waals surface area (Å²) in [5.74, 6) is -1.82. The first-order valence-electron chi connectivity index (χ1n) is 18.5. The summed E-state index contributed by atoms with van der Waals surface area (Å²) >= 11 is 0.